The zero-order chi connectivity index (χ0) is 14.5. The fourth-order valence-corrected chi connectivity index (χ4v) is 3.11. The second kappa shape index (κ2) is 7.25. The topological polar surface area (TPSA) is 58.4 Å². The van der Waals surface area contributed by atoms with Crippen molar-refractivity contribution in [2.75, 3.05) is 13.6 Å². The second-order valence-electron chi connectivity index (χ2n) is 6.13. The van der Waals surface area contributed by atoms with Crippen LogP contribution in [0, 0.1) is 0 Å². The number of amides is 1. The molecule has 1 aliphatic heterocycles. The van der Waals surface area contributed by atoms with Gasteiger partial charge >= 0.3 is 0 Å². The number of hydrogen-bond acceptors (Lipinski definition) is 3. The lowest BCUT2D eigenvalue weighted by Gasteiger charge is -2.29. The minimum atomic E-state index is -0.555. The molecule has 19 heavy (non-hydrogen) atoms. The summed E-state index contributed by atoms with van der Waals surface area (Å²) < 4.78 is 0. The number of unbranched alkanes of at least 4 members (excludes halogenated alkanes) is 1. The molecule has 1 rings (SSSR count). The number of likely N-dealkylation sites (N-methyl/N-ethyl adjacent to an activating group) is 1. The van der Waals surface area contributed by atoms with Crippen LogP contribution in [-0.2, 0) is 4.79 Å². The van der Waals surface area contributed by atoms with E-state index in [2.05, 4.69) is 24.1 Å². The van der Waals surface area contributed by atoms with E-state index in [4.69, 9.17) is 5.73 Å². The van der Waals surface area contributed by atoms with Crippen LogP contribution in [-0.4, -0.2) is 42.0 Å². The van der Waals surface area contributed by atoms with Crippen LogP contribution in [0.4, 0.5) is 0 Å². The molecule has 1 amide bonds. The van der Waals surface area contributed by atoms with Gasteiger partial charge in [-0.3, -0.25) is 9.69 Å². The predicted octanol–water partition coefficient (Wildman–Crippen LogP) is 1.88. The molecule has 3 unspecified atom stereocenters. The first-order valence-electron chi connectivity index (χ1n) is 7.69. The Morgan fingerprint density at radius 1 is 1.42 bits per heavy atom. The Bertz CT molecular complexity index is 295. The lowest BCUT2D eigenvalue weighted by molar-refractivity contribution is -0.123. The molecule has 3 atom stereocenters. The monoisotopic (exact) mass is 269 g/mol. The van der Waals surface area contributed by atoms with E-state index in [1.807, 2.05) is 6.92 Å². The van der Waals surface area contributed by atoms with E-state index in [1.54, 1.807) is 7.05 Å². The number of nitrogens with two attached hydrogens (primary N) is 1. The molecule has 0 saturated carbocycles. The molecule has 1 heterocycles. The lowest BCUT2D eigenvalue weighted by atomic mass is 9.94. The standard InChI is InChI=1S/C15H31N3O/c1-5-13-9-8-12(2)18(13)11-7-6-10-15(3,17-4)14(16)19/h12-13,17H,5-11H2,1-4H3,(H2,16,19). The van der Waals surface area contributed by atoms with E-state index >= 15 is 0 Å². The van der Waals surface area contributed by atoms with Crippen LogP contribution in [0.5, 0.6) is 0 Å². The van der Waals surface area contributed by atoms with Crippen molar-refractivity contribution in [1.82, 2.24) is 10.2 Å². The highest BCUT2D eigenvalue weighted by Crippen LogP contribution is 2.26. The van der Waals surface area contributed by atoms with Gasteiger partial charge in [-0.1, -0.05) is 6.92 Å². The molecule has 0 aromatic rings. The molecule has 4 nitrogen and oxygen atoms in total. The maximum absolute atomic E-state index is 11.4. The summed E-state index contributed by atoms with van der Waals surface area (Å²) in [6, 6.07) is 1.48. The SMILES string of the molecule is CCC1CCC(C)N1CCCCC(C)(NC)C(N)=O. The van der Waals surface area contributed by atoms with Crippen LogP contribution in [0.15, 0.2) is 0 Å². The maximum atomic E-state index is 11.4. The van der Waals surface area contributed by atoms with Gasteiger partial charge in [0, 0.05) is 12.1 Å². The predicted molar refractivity (Wildman–Crippen MR) is 80.0 cm³/mol. The van der Waals surface area contributed by atoms with E-state index in [-0.39, 0.29) is 5.91 Å². The van der Waals surface area contributed by atoms with Crippen molar-refractivity contribution in [1.29, 1.82) is 0 Å². The zero-order valence-corrected chi connectivity index (χ0v) is 13.0. The molecular formula is C15H31N3O. The van der Waals surface area contributed by atoms with Crippen molar-refractivity contribution in [2.24, 2.45) is 5.73 Å². The molecule has 0 aromatic carbocycles. The molecule has 0 radical (unpaired) electrons. The van der Waals surface area contributed by atoms with Crippen LogP contribution in [0.25, 0.3) is 0 Å². The van der Waals surface area contributed by atoms with Gasteiger partial charge in [-0.05, 0) is 66.0 Å². The van der Waals surface area contributed by atoms with E-state index < -0.39 is 5.54 Å². The second-order valence-corrected chi connectivity index (χ2v) is 6.13. The number of nitrogens with zero attached hydrogens (tertiary/aromatic N) is 1. The first-order chi connectivity index (χ1) is 8.94. The van der Waals surface area contributed by atoms with Crippen molar-refractivity contribution >= 4 is 5.91 Å². The quantitative estimate of drug-likeness (QED) is 0.662. The summed E-state index contributed by atoms with van der Waals surface area (Å²) in [4.78, 5) is 14.0. The van der Waals surface area contributed by atoms with Crippen LogP contribution < -0.4 is 11.1 Å². The molecule has 0 spiro atoms. The third kappa shape index (κ3) is 4.18. The highest BCUT2D eigenvalue weighted by Gasteiger charge is 2.30. The number of carbonyl (C=O) groups is 1. The maximum Gasteiger partial charge on any atom is 0.237 e. The Kier molecular flexibility index (Phi) is 6.27. The summed E-state index contributed by atoms with van der Waals surface area (Å²) in [5, 5.41) is 3.05. The van der Waals surface area contributed by atoms with Gasteiger partial charge in [-0.2, -0.15) is 0 Å². The lowest BCUT2D eigenvalue weighted by Crippen LogP contribution is -2.51. The summed E-state index contributed by atoms with van der Waals surface area (Å²) in [6.45, 7) is 7.65. The van der Waals surface area contributed by atoms with Gasteiger partial charge in [0.25, 0.3) is 0 Å². The number of hydrogen-bond donors (Lipinski definition) is 2. The highest BCUT2D eigenvalue weighted by atomic mass is 16.1. The Balaban J connectivity index is 2.32. The normalized spacial score (nSPS) is 27.4. The molecular weight excluding hydrogens is 238 g/mol. The summed E-state index contributed by atoms with van der Waals surface area (Å²) in [6.07, 6.45) is 6.92. The summed E-state index contributed by atoms with van der Waals surface area (Å²) in [5.41, 5.74) is 4.88. The summed E-state index contributed by atoms with van der Waals surface area (Å²) in [5.74, 6) is -0.254. The van der Waals surface area contributed by atoms with Gasteiger partial charge in [0.2, 0.25) is 5.91 Å². The van der Waals surface area contributed by atoms with Crippen LogP contribution in [0.2, 0.25) is 0 Å². The van der Waals surface area contributed by atoms with E-state index in [0.29, 0.717) is 0 Å². The first-order valence-corrected chi connectivity index (χ1v) is 7.69. The molecule has 0 aromatic heterocycles. The molecule has 0 bridgehead atoms. The van der Waals surface area contributed by atoms with Crippen LogP contribution in [0.1, 0.15) is 59.3 Å². The zero-order valence-electron chi connectivity index (χ0n) is 13.0. The molecule has 1 fully saturated rings. The molecule has 1 aliphatic rings. The minimum absolute atomic E-state index is 0.254. The summed E-state index contributed by atoms with van der Waals surface area (Å²) in [7, 11) is 1.81. The third-order valence-electron chi connectivity index (χ3n) is 4.86. The average molecular weight is 269 g/mol. The number of rotatable bonds is 8. The average Bonchev–Trinajstić information content (AvgIpc) is 2.75. The Hall–Kier alpha value is -0.610. The Morgan fingerprint density at radius 3 is 2.63 bits per heavy atom. The van der Waals surface area contributed by atoms with E-state index in [0.717, 1.165) is 37.9 Å². The number of primary amides is 1. The molecule has 1 saturated heterocycles. The largest absolute Gasteiger partial charge is 0.368 e. The van der Waals surface area contributed by atoms with Crippen LogP contribution >= 0.6 is 0 Å². The van der Waals surface area contributed by atoms with Gasteiger partial charge < -0.3 is 11.1 Å². The molecule has 4 heteroatoms. The van der Waals surface area contributed by atoms with E-state index in [1.165, 1.54) is 19.3 Å². The van der Waals surface area contributed by atoms with Crippen molar-refractivity contribution < 1.29 is 4.79 Å². The van der Waals surface area contributed by atoms with Gasteiger partial charge in [-0.15, -0.1) is 0 Å². The fourth-order valence-electron chi connectivity index (χ4n) is 3.11. The van der Waals surface area contributed by atoms with Gasteiger partial charge in [0.05, 0.1) is 5.54 Å². The fraction of sp³-hybridized carbons (Fsp3) is 0.933. The number of carbonyl (C=O) groups excluding carboxylic acids is 1. The Morgan fingerprint density at radius 2 is 2.11 bits per heavy atom. The van der Waals surface area contributed by atoms with Crippen LogP contribution in [0.3, 0.4) is 0 Å². The van der Waals surface area contributed by atoms with Crippen molar-refractivity contribution in [3.63, 3.8) is 0 Å². The van der Waals surface area contributed by atoms with E-state index in [9.17, 15) is 4.79 Å². The van der Waals surface area contributed by atoms with Gasteiger partial charge in [0.1, 0.15) is 0 Å². The Labute approximate surface area is 118 Å². The molecule has 112 valence electrons. The molecule has 0 aliphatic carbocycles. The minimum Gasteiger partial charge on any atom is -0.368 e. The number of nitrogens with one attached hydrogen (secondary N) is 1. The smallest absolute Gasteiger partial charge is 0.237 e. The summed E-state index contributed by atoms with van der Waals surface area (Å²) >= 11 is 0. The van der Waals surface area contributed by atoms with Crippen molar-refractivity contribution in [3.05, 3.63) is 0 Å². The highest BCUT2D eigenvalue weighted by molar-refractivity contribution is 5.84. The van der Waals surface area contributed by atoms with Crippen molar-refractivity contribution in [3.8, 4) is 0 Å². The first kappa shape index (κ1) is 16.4. The number of likely N-dealkylation sites (tertiary alicyclic amines) is 1. The molecule has 3 N–H and O–H groups in total. The van der Waals surface area contributed by atoms with Gasteiger partial charge in [-0.25, -0.2) is 0 Å². The van der Waals surface area contributed by atoms with Gasteiger partial charge in [0.15, 0.2) is 0 Å². The third-order valence-corrected chi connectivity index (χ3v) is 4.86. The van der Waals surface area contributed by atoms with Crippen molar-refractivity contribution in [2.45, 2.75) is 76.9 Å².